The number of carbonyl (C=O) groups is 1. The molecule has 1 aliphatic carbocycles. The predicted octanol–water partition coefficient (Wildman–Crippen LogP) is 3.09. The van der Waals surface area contributed by atoms with Gasteiger partial charge in [-0.25, -0.2) is 0 Å². The Balaban J connectivity index is 2.18. The van der Waals surface area contributed by atoms with Gasteiger partial charge in [0, 0.05) is 5.56 Å². The summed E-state index contributed by atoms with van der Waals surface area (Å²) in [5.74, 6) is 0.973. The summed E-state index contributed by atoms with van der Waals surface area (Å²) in [5.41, 5.74) is 1.19. The number of hydrogen-bond acceptors (Lipinski definition) is 3. The average Bonchev–Trinajstić information content (AvgIpc) is 2.36. The number of carboxylic acids is 1. The summed E-state index contributed by atoms with van der Waals surface area (Å²) < 4.78 is 11.4. The Kier molecular flexibility index (Phi) is 3.11. The number of aliphatic carboxylic acids is 1. The van der Waals surface area contributed by atoms with Gasteiger partial charge in [-0.3, -0.25) is 4.79 Å². The van der Waals surface area contributed by atoms with Gasteiger partial charge in [0.05, 0.1) is 5.41 Å². The van der Waals surface area contributed by atoms with Crippen molar-refractivity contribution in [3.8, 4) is 11.5 Å². The van der Waals surface area contributed by atoms with Crippen molar-refractivity contribution in [2.24, 2.45) is 0 Å². The van der Waals surface area contributed by atoms with Gasteiger partial charge in [0.15, 0.2) is 11.5 Å². The van der Waals surface area contributed by atoms with Crippen LogP contribution in [0.15, 0.2) is 12.1 Å². The molecule has 0 radical (unpaired) electrons. The van der Waals surface area contributed by atoms with Gasteiger partial charge >= 0.3 is 5.97 Å². The van der Waals surface area contributed by atoms with Crippen LogP contribution in [0.3, 0.4) is 0 Å². The van der Waals surface area contributed by atoms with E-state index in [4.69, 9.17) is 9.47 Å². The largest absolute Gasteiger partial charge is 0.486 e. The molecule has 0 atom stereocenters. The molecule has 1 fully saturated rings. The van der Waals surface area contributed by atoms with Crippen LogP contribution in [0.5, 0.6) is 11.5 Å². The molecule has 20 heavy (non-hydrogen) atoms. The quantitative estimate of drug-likeness (QED) is 0.921. The van der Waals surface area contributed by atoms with Crippen molar-refractivity contribution in [2.45, 2.75) is 44.4 Å². The summed E-state index contributed by atoms with van der Waals surface area (Å²) in [6, 6.07) is 3.79. The summed E-state index contributed by atoms with van der Waals surface area (Å²) in [7, 11) is 0. The molecule has 2 aliphatic rings. The molecular weight excluding hydrogens is 256 g/mol. The molecule has 0 bridgehead atoms. The maximum atomic E-state index is 11.8. The van der Waals surface area contributed by atoms with Gasteiger partial charge in [0.25, 0.3) is 0 Å². The first-order chi connectivity index (χ1) is 9.56. The molecule has 4 nitrogen and oxygen atoms in total. The zero-order valence-electron chi connectivity index (χ0n) is 11.9. The molecule has 1 N–H and O–H groups in total. The van der Waals surface area contributed by atoms with Gasteiger partial charge < -0.3 is 14.6 Å². The van der Waals surface area contributed by atoms with Crippen LogP contribution in [0.1, 0.15) is 50.2 Å². The second kappa shape index (κ2) is 4.69. The molecule has 0 spiro atoms. The number of fused-ring (bicyclic) bond motifs is 1. The molecule has 0 saturated heterocycles. The van der Waals surface area contributed by atoms with Crippen molar-refractivity contribution < 1.29 is 19.4 Å². The van der Waals surface area contributed by atoms with Gasteiger partial charge in [-0.1, -0.05) is 26.3 Å². The van der Waals surface area contributed by atoms with Crippen molar-refractivity contribution in [1.29, 1.82) is 0 Å². The van der Waals surface area contributed by atoms with E-state index in [1.807, 2.05) is 12.1 Å². The van der Waals surface area contributed by atoms with Gasteiger partial charge in [-0.2, -0.15) is 0 Å². The Morgan fingerprint density at radius 1 is 1.25 bits per heavy atom. The van der Waals surface area contributed by atoms with Gasteiger partial charge in [0.2, 0.25) is 0 Å². The van der Waals surface area contributed by atoms with Gasteiger partial charge in [0.1, 0.15) is 13.2 Å². The van der Waals surface area contributed by atoms with Crippen molar-refractivity contribution >= 4 is 5.97 Å². The second-order valence-corrected chi connectivity index (χ2v) is 5.95. The standard InChI is InChI=1S/C16H20O4/c1-10(2)13-11(16(15(17)18)6-3-7-16)4-5-12-14(13)20-9-8-19-12/h4-5,10H,3,6-9H2,1-2H3,(H,17,18). The lowest BCUT2D eigenvalue weighted by atomic mass is 9.62. The van der Waals surface area contributed by atoms with Crippen LogP contribution in [-0.2, 0) is 10.2 Å². The maximum absolute atomic E-state index is 11.8. The smallest absolute Gasteiger partial charge is 0.314 e. The van der Waals surface area contributed by atoms with Crippen LogP contribution in [0, 0.1) is 0 Å². The third-order valence-corrected chi connectivity index (χ3v) is 4.46. The van der Waals surface area contributed by atoms with E-state index in [0.29, 0.717) is 26.1 Å². The monoisotopic (exact) mass is 276 g/mol. The molecule has 1 aromatic rings. The van der Waals surface area contributed by atoms with Crippen molar-refractivity contribution in [3.63, 3.8) is 0 Å². The SMILES string of the molecule is CC(C)c1c(C2(C(=O)O)CCC2)ccc2c1OCCO2. The van der Waals surface area contributed by atoms with Crippen molar-refractivity contribution in [2.75, 3.05) is 13.2 Å². The highest BCUT2D eigenvalue weighted by Crippen LogP contribution is 2.50. The third kappa shape index (κ3) is 1.78. The number of rotatable bonds is 3. The molecule has 4 heteroatoms. The third-order valence-electron chi connectivity index (χ3n) is 4.46. The minimum absolute atomic E-state index is 0.207. The molecule has 1 aromatic carbocycles. The maximum Gasteiger partial charge on any atom is 0.314 e. The number of benzene rings is 1. The normalized spacial score (nSPS) is 19.6. The highest BCUT2D eigenvalue weighted by Gasteiger charge is 2.48. The second-order valence-electron chi connectivity index (χ2n) is 5.95. The Hall–Kier alpha value is -1.71. The lowest BCUT2D eigenvalue weighted by Crippen LogP contribution is -2.43. The fourth-order valence-electron chi connectivity index (χ4n) is 3.26. The lowest BCUT2D eigenvalue weighted by molar-refractivity contribution is -0.147. The van der Waals surface area contributed by atoms with E-state index in [0.717, 1.165) is 29.0 Å². The average molecular weight is 276 g/mol. The van der Waals surface area contributed by atoms with E-state index >= 15 is 0 Å². The fourth-order valence-corrected chi connectivity index (χ4v) is 3.26. The van der Waals surface area contributed by atoms with E-state index in [1.54, 1.807) is 0 Å². The Bertz CT molecular complexity index is 544. The first-order valence-electron chi connectivity index (χ1n) is 7.22. The number of ether oxygens (including phenoxy) is 2. The molecule has 0 amide bonds. The first kappa shape index (κ1) is 13.3. The summed E-state index contributed by atoms with van der Waals surface area (Å²) in [4.78, 5) is 11.8. The number of carboxylic acid groups (broad SMARTS) is 1. The molecule has 1 saturated carbocycles. The van der Waals surface area contributed by atoms with E-state index in [1.165, 1.54) is 0 Å². The van der Waals surface area contributed by atoms with Crippen molar-refractivity contribution in [3.05, 3.63) is 23.3 Å². The van der Waals surface area contributed by atoms with Crippen molar-refractivity contribution in [1.82, 2.24) is 0 Å². The van der Waals surface area contributed by atoms with Gasteiger partial charge in [-0.05, 0) is 30.4 Å². The molecule has 108 valence electrons. The molecule has 0 aromatic heterocycles. The van der Waals surface area contributed by atoms with Crippen LogP contribution >= 0.6 is 0 Å². The fraction of sp³-hybridized carbons (Fsp3) is 0.562. The van der Waals surface area contributed by atoms with Crippen LogP contribution in [-0.4, -0.2) is 24.3 Å². The van der Waals surface area contributed by atoms with E-state index in [9.17, 15) is 9.90 Å². The molecular formula is C16H20O4. The summed E-state index contributed by atoms with van der Waals surface area (Å²) in [5, 5.41) is 9.68. The zero-order valence-corrected chi connectivity index (χ0v) is 11.9. The van der Waals surface area contributed by atoms with E-state index in [2.05, 4.69) is 13.8 Å². The summed E-state index contributed by atoms with van der Waals surface area (Å²) in [6.45, 7) is 5.22. The Morgan fingerprint density at radius 2 is 1.95 bits per heavy atom. The summed E-state index contributed by atoms with van der Waals surface area (Å²) >= 11 is 0. The number of hydrogen-bond donors (Lipinski definition) is 1. The summed E-state index contributed by atoms with van der Waals surface area (Å²) in [6.07, 6.45) is 2.39. The molecule has 1 aliphatic heterocycles. The van der Waals surface area contributed by atoms with E-state index in [-0.39, 0.29) is 5.92 Å². The van der Waals surface area contributed by atoms with Crippen LogP contribution in [0.2, 0.25) is 0 Å². The topological polar surface area (TPSA) is 55.8 Å². The van der Waals surface area contributed by atoms with Crippen LogP contribution in [0.4, 0.5) is 0 Å². The predicted molar refractivity (Wildman–Crippen MR) is 74.7 cm³/mol. The highest BCUT2D eigenvalue weighted by atomic mass is 16.6. The molecule has 0 unspecified atom stereocenters. The van der Waals surface area contributed by atoms with E-state index < -0.39 is 11.4 Å². The highest BCUT2D eigenvalue weighted by molar-refractivity contribution is 5.84. The zero-order chi connectivity index (χ0) is 14.3. The Labute approximate surface area is 118 Å². The Morgan fingerprint density at radius 3 is 2.50 bits per heavy atom. The minimum Gasteiger partial charge on any atom is -0.486 e. The van der Waals surface area contributed by atoms with Crippen LogP contribution < -0.4 is 9.47 Å². The van der Waals surface area contributed by atoms with Gasteiger partial charge in [-0.15, -0.1) is 0 Å². The first-order valence-corrected chi connectivity index (χ1v) is 7.22. The minimum atomic E-state index is -0.727. The lowest BCUT2D eigenvalue weighted by Gasteiger charge is -2.40. The molecule has 3 rings (SSSR count). The van der Waals surface area contributed by atoms with Crippen LogP contribution in [0.25, 0.3) is 0 Å². The molecule has 1 heterocycles.